The monoisotopic (exact) mass is 355 g/mol. The van der Waals surface area contributed by atoms with E-state index in [4.69, 9.17) is 9.47 Å². The fraction of sp³-hybridized carbons (Fsp3) is 0.400. The molecule has 1 aromatic heterocycles. The van der Waals surface area contributed by atoms with Crippen LogP contribution < -0.4 is 19.7 Å². The van der Waals surface area contributed by atoms with Gasteiger partial charge in [0.05, 0.1) is 14.2 Å². The summed E-state index contributed by atoms with van der Waals surface area (Å²) in [6.45, 7) is 2.63. The third-order valence-corrected chi connectivity index (χ3v) is 4.85. The molecule has 0 radical (unpaired) electrons. The topological polar surface area (TPSA) is 63.7 Å². The van der Waals surface area contributed by atoms with Crippen molar-refractivity contribution in [1.29, 1.82) is 0 Å². The maximum absolute atomic E-state index is 12.6. The summed E-state index contributed by atoms with van der Waals surface area (Å²) in [5, 5.41) is 3.05. The Bertz CT molecular complexity index is 706. The van der Waals surface area contributed by atoms with Gasteiger partial charge in [0.15, 0.2) is 0 Å². The first-order chi connectivity index (χ1) is 12.7. The number of pyridine rings is 1. The number of hydrogen-bond acceptors (Lipinski definition) is 5. The van der Waals surface area contributed by atoms with E-state index in [2.05, 4.69) is 15.2 Å². The standard InChI is InChI=1S/C20H25N3O3/c1-25-17-4-3-5-18(26-2)19(17)20(24)22-14-15-8-12-23(13-9-15)16-6-10-21-11-7-16/h3-7,10-11,15H,8-9,12-14H2,1-2H3,(H,22,24). The van der Waals surface area contributed by atoms with E-state index >= 15 is 0 Å². The van der Waals surface area contributed by atoms with Crippen LogP contribution in [0, 0.1) is 5.92 Å². The molecule has 0 spiro atoms. The van der Waals surface area contributed by atoms with Gasteiger partial charge in [0.25, 0.3) is 5.91 Å². The summed E-state index contributed by atoms with van der Waals surface area (Å²) < 4.78 is 10.6. The lowest BCUT2D eigenvalue weighted by molar-refractivity contribution is 0.0938. The Labute approximate surface area is 154 Å². The zero-order valence-electron chi connectivity index (χ0n) is 15.3. The van der Waals surface area contributed by atoms with Gasteiger partial charge in [-0.3, -0.25) is 9.78 Å². The van der Waals surface area contributed by atoms with Gasteiger partial charge in [-0.05, 0) is 43.0 Å². The molecule has 1 fully saturated rings. The minimum atomic E-state index is -0.157. The molecule has 0 saturated carbocycles. The lowest BCUT2D eigenvalue weighted by Gasteiger charge is -2.33. The zero-order valence-corrected chi connectivity index (χ0v) is 15.3. The van der Waals surface area contributed by atoms with Crippen molar-refractivity contribution in [3.63, 3.8) is 0 Å². The predicted molar refractivity (Wildman–Crippen MR) is 101 cm³/mol. The van der Waals surface area contributed by atoms with Crippen LogP contribution in [0.15, 0.2) is 42.7 Å². The molecule has 2 heterocycles. The number of ether oxygens (including phenoxy) is 2. The molecule has 0 bridgehead atoms. The summed E-state index contributed by atoms with van der Waals surface area (Å²) in [5.74, 6) is 1.36. The second kappa shape index (κ2) is 8.56. The lowest BCUT2D eigenvalue weighted by Crippen LogP contribution is -2.38. The first kappa shape index (κ1) is 18.0. The van der Waals surface area contributed by atoms with E-state index in [1.165, 1.54) is 5.69 Å². The molecule has 6 heteroatoms. The van der Waals surface area contributed by atoms with E-state index in [0.29, 0.717) is 29.5 Å². The van der Waals surface area contributed by atoms with E-state index < -0.39 is 0 Å². The van der Waals surface area contributed by atoms with E-state index in [1.54, 1.807) is 26.4 Å². The van der Waals surface area contributed by atoms with Crippen molar-refractivity contribution in [3.8, 4) is 11.5 Å². The average Bonchev–Trinajstić information content (AvgIpc) is 2.72. The summed E-state index contributed by atoms with van der Waals surface area (Å²) in [5.41, 5.74) is 1.66. The molecule has 1 aliphatic heterocycles. The number of piperidine rings is 1. The number of nitrogens with zero attached hydrogens (tertiary/aromatic N) is 2. The van der Waals surface area contributed by atoms with Crippen molar-refractivity contribution in [3.05, 3.63) is 48.3 Å². The highest BCUT2D eigenvalue weighted by Gasteiger charge is 2.22. The molecule has 2 aromatic rings. The molecule has 0 aliphatic carbocycles. The Kier molecular flexibility index (Phi) is 5.94. The van der Waals surface area contributed by atoms with Crippen LogP contribution in [0.5, 0.6) is 11.5 Å². The van der Waals surface area contributed by atoms with Crippen molar-refractivity contribution in [1.82, 2.24) is 10.3 Å². The van der Waals surface area contributed by atoms with Gasteiger partial charge in [0.2, 0.25) is 0 Å². The molecular formula is C20H25N3O3. The molecule has 1 amide bonds. The summed E-state index contributed by atoms with van der Waals surface area (Å²) in [7, 11) is 3.11. The van der Waals surface area contributed by atoms with Crippen LogP contribution in [0.4, 0.5) is 5.69 Å². The Morgan fingerprint density at radius 2 is 1.73 bits per heavy atom. The number of carbonyl (C=O) groups is 1. The summed E-state index contributed by atoms with van der Waals surface area (Å²) in [6.07, 6.45) is 5.74. The minimum absolute atomic E-state index is 0.157. The number of carbonyl (C=O) groups excluding carboxylic acids is 1. The molecular weight excluding hydrogens is 330 g/mol. The van der Waals surface area contributed by atoms with Crippen molar-refractivity contribution < 1.29 is 14.3 Å². The van der Waals surface area contributed by atoms with Crippen LogP contribution in [0.2, 0.25) is 0 Å². The highest BCUT2D eigenvalue weighted by atomic mass is 16.5. The number of aromatic nitrogens is 1. The van der Waals surface area contributed by atoms with Crippen LogP contribution in [0.25, 0.3) is 0 Å². The minimum Gasteiger partial charge on any atom is -0.496 e. The van der Waals surface area contributed by atoms with Crippen LogP contribution in [-0.4, -0.2) is 44.7 Å². The Hall–Kier alpha value is -2.76. The zero-order chi connectivity index (χ0) is 18.4. The molecule has 3 rings (SSSR count). The van der Waals surface area contributed by atoms with Gasteiger partial charge in [0.1, 0.15) is 17.1 Å². The molecule has 0 unspecified atom stereocenters. The van der Waals surface area contributed by atoms with Gasteiger partial charge in [-0.25, -0.2) is 0 Å². The third-order valence-electron chi connectivity index (χ3n) is 4.85. The largest absolute Gasteiger partial charge is 0.496 e. The van der Waals surface area contributed by atoms with Crippen molar-refractivity contribution in [2.24, 2.45) is 5.92 Å². The number of anilines is 1. The average molecular weight is 355 g/mol. The van der Waals surface area contributed by atoms with E-state index in [1.807, 2.05) is 30.6 Å². The van der Waals surface area contributed by atoms with Gasteiger partial charge in [-0.15, -0.1) is 0 Å². The quantitative estimate of drug-likeness (QED) is 0.863. The maximum atomic E-state index is 12.6. The Morgan fingerprint density at radius 1 is 1.12 bits per heavy atom. The van der Waals surface area contributed by atoms with Crippen molar-refractivity contribution >= 4 is 11.6 Å². The van der Waals surface area contributed by atoms with Gasteiger partial charge < -0.3 is 19.7 Å². The number of benzene rings is 1. The maximum Gasteiger partial charge on any atom is 0.258 e. The molecule has 0 atom stereocenters. The van der Waals surface area contributed by atoms with Gasteiger partial charge in [-0.2, -0.15) is 0 Å². The van der Waals surface area contributed by atoms with E-state index in [0.717, 1.165) is 25.9 Å². The number of hydrogen-bond donors (Lipinski definition) is 1. The molecule has 1 aromatic carbocycles. The summed E-state index contributed by atoms with van der Waals surface area (Å²) in [6, 6.07) is 9.42. The summed E-state index contributed by atoms with van der Waals surface area (Å²) >= 11 is 0. The number of rotatable bonds is 6. The van der Waals surface area contributed by atoms with Crippen molar-refractivity contribution in [2.45, 2.75) is 12.8 Å². The van der Waals surface area contributed by atoms with Crippen LogP contribution in [0.3, 0.4) is 0 Å². The van der Waals surface area contributed by atoms with Gasteiger partial charge >= 0.3 is 0 Å². The number of nitrogens with one attached hydrogen (secondary N) is 1. The van der Waals surface area contributed by atoms with Crippen LogP contribution in [-0.2, 0) is 0 Å². The molecule has 1 aliphatic rings. The van der Waals surface area contributed by atoms with Crippen molar-refractivity contribution in [2.75, 3.05) is 38.8 Å². The first-order valence-corrected chi connectivity index (χ1v) is 8.87. The number of amides is 1. The van der Waals surface area contributed by atoms with E-state index in [-0.39, 0.29) is 5.91 Å². The molecule has 1 saturated heterocycles. The highest BCUT2D eigenvalue weighted by Crippen LogP contribution is 2.28. The lowest BCUT2D eigenvalue weighted by atomic mass is 9.96. The highest BCUT2D eigenvalue weighted by molar-refractivity contribution is 5.99. The van der Waals surface area contributed by atoms with Crippen LogP contribution >= 0.6 is 0 Å². The smallest absolute Gasteiger partial charge is 0.258 e. The Morgan fingerprint density at radius 3 is 2.31 bits per heavy atom. The SMILES string of the molecule is COc1cccc(OC)c1C(=O)NCC1CCN(c2ccncc2)CC1. The normalized spacial score (nSPS) is 14.8. The Balaban J connectivity index is 1.55. The molecule has 1 N–H and O–H groups in total. The fourth-order valence-corrected chi connectivity index (χ4v) is 3.35. The van der Waals surface area contributed by atoms with Gasteiger partial charge in [0, 0.05) is 37.7 Å². The molecule has 138 valence electrons. The second-order valence-electron chi connectivity index (χ2n) is 6.38. The number of methoxy groups -OCH3 is 2. The molecule has 6 nitrogen and oxygen atoms in total. The third kappa shape index (κ3) is 4.07. The second-order valence-corrected chi connectivity index (χ2v) is 6.38. The van der Waals surface area contributed by atoms with E-state index in [9.17, 15) is 4.79 Å². The molecule has 26 heavy (non-hydrogen) atoms. The summed E-state index contributed by atoms with van der Waals surface area (Å²) in [4.78, 5) is 19.1. The fourth-order valence-electron chi connectivity index (χ4n) is 3.35. The first-order valence-electron chi connectivity index (χ1n) is 8.87. The predicted octanol–water partition coefficient (Wildman–Crippen LogP) is 2.75. The van der Waals surface area contributed by atoms with Gasteiger partial charge in [-0.1, -0.05) is 6.07 Å². The van der Waals surface area contributed by atoms with Crippen LogP contribution in [0.1, 0.15) is 23.2 Å².